The molecular weight excluding hydrogens is 273 g/mol. The van der Waals surface area contributed by atoms with Crippen LogP contribution in [0, 0.1) is 0 Å². The van der Waals surface area contributed by atoms with Gasteiger partial charge in [0.2, 0.25) is 0 Å². The Morgan fingerprint density at radius 1 is 1.06 bits per heavy atom. The predicted molar refractivity (Wildman–Crippen MR) is 70.3 cm³/mol. The van der Waals surface area contributed by atoms with Gasteiger partial charge in [-0.3, -0.25) is 14.5 Å². The summed E-state index contributed by atoms with van der Waals surface area (Å²) < 4.78 is 0. The lowest BCUT2D eigenvalue weighted by atomic mass is 10.0. The largest absolute Gasteiger partial charge is 0.274 e. The second-order valence-corrected chi connectivity index (χ2v) is 4.92. The van der Waals surface area contributed by atoms with Crippen molar-refractivity contribution >= 4 is 35.0 Å². The Bertz CT molecular complexity index is 501. The highest BCUT2D eigenvalue weighted by Gasteiger charge is 2.37. The van der Waals surface area contributed by atoms with Gasteiger partial charge in [0.05, 0.1) is 0 Å². The molecule has 1 aromatic rings. The summed E-state index contributed by atoms with van der Waals surface area (Å²) in [4.78, 5) is 24.5. The summed E-state index contributed by atoms with van der Waals surface area (Å²) in [6.07, 6.45) is 0. The van der Waals surface area contributed by atoms with Crippen LogP contribution in [0.5, 0.6) is 0 Å². The number of hydrogen-bond acceptors (Lipinski definition) is 2. The number of amides is 2. The third-order valence-electron chi connectivity index (χ3n) is 2.88. The second kappa shape index (κ2) is 5.12. The van der Waals surface area contributed by atoms with Crippen LogP contribution in [0.15, 0.2) is 40.4 Å². The lowest BCUT2D eigenvalue weighted by Gasteiger charge is -2.19. The smallest absolute Gasteiger partial charge is 0.272 e. The molecule has 2 amide bonds. The van der Waals surface area contributed by atoms with Gasteiger partial charge in [-0.25, -0.2) is 0 Å². The molecule has 1 unspecified atom stereocenters. The highest BCUT2D eigenvalue weighted by Crippen LogP contribution is 2.28. The van der Waals surface area contributed by atoms with E-state index in [4.69, 9.17) is 23.2 Å². The molecule has 3 nitrogen and oxygen atoms in total. The van der Waals surface area contributed by atoms with E-state index in [1.807, 2.05) is 37.3 Å². The molecule has 1 heterocycles. The van der Waals surface area contributed by atoms with Crippen molar-refractivity contribution in [3.05, 3.63) is 46.0 Å². The van der Waals surface area contributed by atoms with Gasteiger partial charge in [-0.1, -0.05) is 60.5 Å². The Balaban J connectivity index is 2.13. The SMILES string of the molecule is CC(CN1C(=O)C(Cl)=C(Cl)C1=O)c1ccccc1. The number of carbonyl (C=O) groups is 2. The van der Waals surface area contributed by atoms with Crippen LogP contribution >= 0.6 is 23.2 Å². The molecule has 0 saturated heterocycles. The maximum atomic E-state index is 11.7. The lowest BCUT2D eigenvalue weighted by Crippen LogP contribution is -2.34. The first-order valence-electron chi connectivity index (χ1n) is 5.48. The maximum absolute atomic E-state index is 11.7. The molecule has 1 aromatic carbocycles. The van der Waals surface area contributed by atoms with Crippen LogP contribution < -0.4 is 0 Å². The van der Waals surface area contributed by atoms with Crippen LogP contribution in [0.2, 0.25) is 0 Å². The zero-order chi connectivity index (χ0) is 13.3. The fraction of sp³-hybridized carbons (Fsp3) is 0.231. The summed E-state index contributed by atoms with van der Waals surface area (Å²) >= 11 is 11.3. The Kier molecular flexibility index (Phi) is 3.73. The molecule has 0 aliphatic carbocycles. The zero-order valence-corrected chi connectivity index (χ0v) is 11.2. The summed E-state index contributed by atoms with van der Waals surface area (Å²) in [5.74, 6) is -1.00. The van der Waals surface area contributed by atoms with Crippen LogP contribution in [0.25, 0.3) is 0 Å². The van der Waals surface area contributed by atoms with E-state index >= 15 is 0 Å². The van der Waals surface area contributed by atoms with Crippen molar-refractivity contribution in [2.24, 2.45) is 0 Å². The van der Waals surface area contributed by atoms with Gasteiger partial charge in [-0.2, -0.15) is 0 Å². The third-order valence-corrected chi connectivity index (χ3v) is 3.68. The normalized spacial score (nSPS) is 17.6. The van der Waals surface area contributed by atoms with Crippen molar-refractivity contribution in [2.45, 2.75) is 12.8 Å². The van der Waals surface area contributed by atoms with Gasteiger partial charge in [0.1, 0.15) is 10.1 Å². The Hall–Kier alpha value is -1.32. The first-order chi connectivity index (χ1) is 8.52. The van der Waals surface area contributed by atoms with Crippen LogP contribution in [0.4, 0.5) is 0 Å². The van der Waals surface area contributed by atoms with E-state index < -0.39 is 11.8 Å². The van der Waals surface area contributed by atoms with Gasteiger partial charge in [0.25, 0.3) is 11.8 Å². The van der Waals surface area contributed by atoms with E-state index in [2.05, 4.69) is 0 Å². The van der Waals surface area contributed by atoms with Crippen molar-refractivity contribution in [1.29, 1.82) is 0 Å². The Morgan fingerprint density at radius 2 is 1.56 bits per heavy atom. The van der Waals surface area contributed by atoms with Crippen LogP contribution in [0.3, 0.4) is 0 Å². The van der Waals surface area contributed by atoms with E-state index in [1.165, 1.54) is 0 Å². The molecular formula is C13H11Cl2NO2. The highest BCUT2D eigenvalue weighted by atomic mass is 35.5. The van der Waals surface area contributed by atoms with Gasteiger partial charge in [0.15, 0.2) is 0 Å². The van der Waals surface area contributed by atoms with Crippen LogP contribution in [-0.2, 0) is 9.59 Å². The summed E-state index contributed by atoms with van der Waals surface area (Å²) in [5.41, 5.74) is 1.05. The fourth-order valence-electron chi connectivity index (χ4n) is 1.84. The molecule has 0 aromatic heterocycles. The summed E-state index contributed by atoms with van der Waals surface area (Å²) in [6.45, 7) is 2.21. The molecule has 2 rings (SSSR count). The van der Waals surface area contributed by atoms with E-state index in [0.717, 1.165) is 10.5 Å². The van der Waals surface area contributed by atoms with Crippen LogP contribution in [-0.4, -0.2) is 23.3 Å². The number of rotatable bonds is 3. The molecule has 0 fully saturated rings. The average molecular weight is 284 g/mol. The number of halogens is 2. The first-order valence-corrected chi connectivity index (χ1v) is 6.24. The molecule has 0 spiro atoms. The number of benzene rings is 1. The molecule has 18 heavy (non-hydrogen) atoms. The number of nitrogens with zero attached hydrogens (tertiary/aromatic N) is 1. The highest BCUT2D eigenvalue weighted by molar-refractivity contribution is 6.58. The molecule has 0 bridgehead atoms. The maximum Gasteiger partial charge on any atom is 0.274 e. The third kappa shape index (κ3) is 2.28. The topological polar surface area (TPSA) is 37.4 Å². The fourth-order valence-corrected chi connectivity index (χ4v) is 2.21. The average Bonchev–Trinajstić information content (AvgIpc) is 2.57. The van der Waals surface area contributed by atoms with E-state index in [9.17, 15) is 9.59 Å². The monoisotopic (exact) mass is 283 g/mol. The molecule has 94 valence electrons. The number of imide groups is 1. The van der Waals surface area contributed by atoms with E-state index in [0.29, 0.717) is 0 Å². The van der Waals surface area contributed by atoms with Crippen LogP contribution in [0.1, 0.15) is 18.4 Å². The van der Waals surface area contributed by atoms with Crippen molar-refractivity contribution in [3.8, 4) is 0 Å². The van der Waals surface area contributed by atoms with E-state index in [-0.39, 0.29) is 22.5 Å². The van der Waals surface area contributed by atoms with Gasteiger partial charge in [-0.05, 0) is 11.5 Å². The predicted octanol–water partition coefficient (Wildman–Crippen LogP) is 2.85. The zero-order valence-electron chi connectivity index (χ0n) is 9.69. The van der Waals surface area contributed by atoms with Crippen molar-refractivity contribution in [2.75, 3.05) is 6.54 Å². The van der Waals surface area contributed by atoms with Gasteiger partial charge < -0.3 is 0 Å². The quantitative estimate of drug-likeness (QED) is 0.800. The minimum absolute atomic E-state index is 0.0335. The molecule has 5 heteroatoms. The van der Waals surface area contributed by atoms with Crippen molar-refractivity contribution < 1.29 is 9.59 Å². The minimum atomic E-state index is -0.519. The molecule has 0 saturated carbocycles. The number of hydrogen-bond donors (Lipinski definition) is 0. The minimum Gasteiger partial charge on any atom is -0.272 e. The summed E-state index contributed by atoms with van der Waals surface area (Å²) in [7, 11) is 0. The summed E-state index contributed by atoms with van der Waals surface area (Å²) in [5, 5.41) is -0.385. The van der Waals surface area contributed by atoms with Gasteiger partial charge >= 0.3 is 0 Å². The second-order valence-electron chi connectivity index (χ2n) is 4.16. The first kappa shape index (κ1) is 13.1. The molecule has 1 aliphatic heterocycles. The summed E-state index contributed by atoms with van der Waals surface area (Å²) in [6, 6.07) is 9.64. The Labute approximate surface area is 115 Å². The molecule has 0 N–H and O–H groups in total. The lowest BCUT2D eigenvalue weighted by molar-refractivity contribution is -0.137. The van der Waals surface area contributed by atoms with Gasteiger partial charge in [0, 0.05) is 6.54 Å². The molecule has 0 radical (unpaired) electrons. The standard InChI is InChI=1S/C13H11Cl2NO2/c1-8(9-5-3-2-4-6-9)7-16-12(17)10(14)11(15)13(16)18/h2-6,8H,7H2,1H3. The Morgan fingerprint density at radius 3 is 2.06 bits per heavy atom. The number of carbonyl (C=O) groups excluding carboxylic acids is 2. The molecule has 1 atom stereocenters. The van der Waals surface area contributed by atoms with Crippen molar-refractivity contribution in [1.82, 2.24) is 4.90 Å². The molecule has 1 aliphatic rings. The van der Waals surface area contributed by atoms with Gasteiger partial charge in [-0.15, -0.1) is 0 Å². The van der Waals surface area contributed by atoms with Crippen molar-refractivity contribution in [3.63, 3.8) is 0 Å². The van der Waals surface area contributed by atoms with E-state index in [1.54, 1.807) is 0 Å².